The smallest absolute Gasteiger partial charge is 0.411 e. The van der Waals surface area contributed by atoms with Gasteiger partial charge in [0.2, 0.25) is 3.79 Å². The number of nitrogens with one attached hydrogen (secondary N) is 1. The zero-order valence-electron chi connectivity index (χ0n) is 21.2. The predicted molar refractivity (Wildman–Crippen MR) is 142 cm³/mol. The van der Waals surface area contributed by atoms with Crippen LogP contribution in [0.3, 0.4) is 0 Å². The Labute approximate surface area is 227 Å². The molecule has 0 aliphatic carbocycles. The molecule has 1 aromatic carbocycles. The maximum absolute atomic E-state index is 13.7. The summed E-state index contributed by atoms with van der Waals surface area (Å²) in [6.07, 6.45) is 0.255. The number of Topliss-reactive ketones (excluding diaryl/α,β-unsaturated/α-hetero) is 1. The SMILES string of the molecule is COc1cc(NC(=O)OCC(Cl)(Cl)Cl)c(C(=O)N2CCC(=O)[C@H]2CCC(C)(C)[Si](C)(C)O)cc1OC. The lowest BCUT2D eigenvalue weighted by molar-refractivity contribution is -0.119. The number of nitrogens with zero attached hydrogens (tertiary/aromatic N) is 1. The van der Waals surface area contributed by atoms with Crippen molar-refractivity contribution in [2.75, 3.05) is 32.7 Å². The highest BCUT2D eigenvalue weighted by Gasteiger charge is 2.42. The van der Waals surface area contributed by atoms with Crippen LogP contribution in [0.4, 0.5) is 10.5 Å². The summed E-state index contributed by atoms with van der Waals surface area (Å²) in [5.41, 5.74) is 0.156. The van der Waals surface area contributed by atoms with Gasteiger partial charge in [0.05, 0.1) is 31.5 Å². The van der Waals surface area contributed by atoms with E-state index in [1.54, 1.807) is 0 Å². The Morgan fingerprint density at radius 3 is 2.28 bits per heavy atom. The maximum Gasteiger partial charge on any atom is 0.411 e. The third-order valence-corrected chi connectivity index (χ3v) is 10.6. The van der Waals surface area contributed by atoms with Gasteiger partial charge >= 0.3 is 6.09 Å². The third kappa shape index (κ3) is 7.64. The van der Waals surface area contributed by atoms with Gasteiger partial charge in [-0.3, -0.25) is 14.9 Å². The molecule has 1 aromatic rings. The Bertz CT molecular complexity index is 993. The Kier molecular flexibility index (Phi) is 9.97. The molecule has 0 spiro atoms. The fourth-order valence-corrected chi connectivity index (χ4v) is 4.62. The van der Waals surface area contributed by atoms with Crippen LogP contribution in [-0.2, 0) is 9.53 Å². The fraction of sp³-hybridized carbons (Fsp3) is 0.609. The second kappa shape index (κ2) is 11.8. The molecule has 2 rings (SSSR count). The summed E-state index contributed by atoms with van der Waals surface area (Å²) in [4.78, 5) is 50.9. The van der Waals surface area contributed by atoms with E-state index in [0.29, 0.717) is 12.8 Å². The highest BCUT2D eigenvalue weighted by molar-refractivity contribution is 6.72. The van der Waals surface area contributed by atoms with Crippen LogP contribution in [-0.4, -0.2) is 73.0 Å². The molecular formula is C23H33Cl3N2O7Si. The number of amides is 2. The molecule has 1 saturated heterocycles. The normalized spacial score (nSPS) is 16.7. The van der Waals surface area contributed by atoms with E-state index in [1.165, 1.54) is 31.3 Å². The number of hydrogen-bond acceptors (Lipinski definition) is 7. The summed E-state index contributed by atoms with van der Waals surface area (Å²) in [6, 6.07) is 2.20. The van der Waals surface area contributed by atoms with Crippen molar-refractivity contribution in [2.24, 2.45) is 0 Å². The lowest BCUT2D eigenvalue weighted by atomic mass is 9.99. The molecule has 202 valence electrons. The predicted octanol–water partition coefficient (Wildman–Crippen LogP) is 5.16. The van der Waals surface area contributed by atoms with Crippen LogP contribution in [0.5, 0.6) is 11.5 Å². The number of ketones is 1. The minimum atomic E-state index is -2.50. The number of carbonyl (C=O) groups is 3. The molecule has 36 heavy (non-hydrogen) atoms. The maximum atomic E-state index is 13.7. The quantitative estimate of drug-likeness (QED) is 0.305. The third-order valence-electron chi connectivity index (χ3n) is 6.66. The van der Waals surface area contributed by atoms with E-state index < -0.39 is 36.8 Å². The number of methoxy groups -OCH3 is 2. The van der Waals surface area contributed by atoms with Gasteiger partial charge in [0.1, 0.15) is 6.61 Å². The molecule has 1 fully saturated rings. The Morgan fingerprint density at radius 1 is 1.17 bits per heavy atom. The molecule has 0 unspecified atom stereocenters. The average molecular weight is 584 g/mol. The van der Waals surface area contributed by atoms with Gasteiger partial charge in [-0.2, -0.15) is 0 Å². The Hall–Kier alpha value is -1.72. The van der Waals surface area contributed by atoms with Crippen LogP contribution in [0.2, 0.25) is 18.1 Å². The van der Waals surface area contributed by atoms with Crippen LogP contribution in [0, 0.1) is 0 Å². The van der Waals surface area contributed by atoms with Gasteiger partial charge in [-0.25, -0.2) is 4.79 Å². The number of anilines is 1. The van der Waals surface area contributed by atoms with Gasteiger partial charge in [0.25, 0.3) is 5.91 Å². The van der Waals surface area contributed by atoms with Gasteiger partial charge in [-0.15, -0.1) is 0 Å². The molecule has 0 saturated carbocycles. The first kappa shape index (κ1) is 30.5. The molecule has 2 N–H and O–H groups in total. The van der Waals surface area contributed by atoms with Gasteiger partial charge in [0.15, 0.2) is 25.6 Å². The highest BCUT2D eigenvalue weighted by Crippen LogP contribution is 2.42. The molecule has 1 aliphatic heterocycles. The van der Waals surface area contributed by atoms with Gasteiger partial charge in [0, 0.05) is 19.0 Å². The minimum Gasteiger partial charge on any atom is -0.493 e. The minimum absolute atomic E-state index is 0.0476. The number of benzene rings is 1. The monoisotopic (exact) mass is 582 g/mol. The van der Waals surface area contributed by atoms with Gasteiger partial charge in [-0.1, -0.05) is 48.7 Å². The van der Waals surface area contributed by atoms with E-state index >= 15 is 0 Å². The van der Waals surface area contributed by atoms with E-state index in [-0.39, 0.29) is 46.5 Å². The number of ether oxygens (including phenoxy) is 3. The average Bonchev–Trinajstić information content (AvgIpc) is 3.14. The lowest BCUT2D eigenvalue weighted by Crippen LogP contribution is -2.42. The summed E-state index contributed by atoms with van der Waals surface area (Å²) in [5.74, 6) is 0.00406. The Balaban J connectivity index is 2.37. The summed E-state index contributed by atoms with van der Waals surface area (Å²) < 4.78 is 13.8. The first-order chi connectivity index (χ1) is 16.5. The number of carbonyl (C=O) groups excluding carboxylic acids is 3. The molecule has 9 nitrogen and oxygen atoms in total. The largest absolute Gasteiger partial charge is 0.493 e. The standard InChI is InChI=1S/C23H33Cl3N2O7Si/c1-22(2,36(5,6)32)9-7-16-17(29)8-10-28(16)20(30)14-11-18(33-3)19(34-4)12-15(14)27-21(31)35-13-23(24,25)26/h11-12,16,32H,7-10,13H2,1-6H3,(H,27,31)/t16-/m1/s1. The van der Waals surface area contributed by atoms with E-state index in [9.17, 15) is 19.2 Å². The number of alkyl halides is 3. The molecule has 0 aromatic heterocycles. The summed E-state index contributed by atoms with van der Waals surface area (Å²) >= 11 is 16.9. The van der Waals surface area contributed by atoms with Crippen molar-refractivity contribution in [1.29, 1.82) is 0 Å². The highest BCUT2D eigenvalue weighted by atomic mass is 35.6. The number of rotatable bonds is 9. The zero-order valence-corrected chi connectivity index (χ0v) is 24.5. The molecule has 1 aliphatic rings. The van der Waals surface area contributed by atoms with E-state index in [0.717, 1.165) is 0 Å². The van der Waals surface area contributed by atoms with E-state index in [4.69, 9.17) is 49.0 Å². The molecule has 1 heterocycles. The summed E-state index contributed by atoms with van der Waals surface area (Å²) in [6.45, 7) is 7.39. The molecule has 1 atom stereocenters. The topological polar surface area (TPSA) is 114 Å². The van der Waals surface area contributed by atoms with Crippen LogP contribution in [0.25, 0.3) is 0 Å². The summed E-state index contributed by atoms with van der Waals surface area (Å²) in [5, 5.41) is 2.13. The Morgan fingerprint density at radius 2 is 1.75 bits per heavy atom. The van der Waals surface area contributed by atoms with Crippen molar-refractivity contribution >= 4 is 66.6 Å². The molecule has 13 heteroatoms. The molecule has 0 bridgehead atoms. The number of likely N-dealkylation sites (tertiary alicyclic amines) is 1. The molecule has 0 radical (unpaired) electrons. The number of halogens is 3. The molecule has 2 amide bonds. The second-order valence-corrected chi connectivity index (χ2v) is 16.8. The van der Waals surface area contributed by atoms with Gasteiger partial charge < -0.3 is 23.9 Å². The van der Waals surface area contributed by atoms with Crippen molar-refractivity contribution in [3.05, 3.63) is 17.7 Å². The van der Waals surface area contributed by atoms with E-state index in [2.05, 4.69) is 5.32 Å². The van der Waals surface area contributed by atoms with Crippen LogP contribution < -0.4 is 14.8 Å². The zero-order chi connectivity index (χ0) is 27.5. The first-order valence-electron chi connectivity index (χ1n) is 11.3. The second-order valence-electron chi connectivity index (χ2n) is 9.78. The van der Waals surface area contributed by atoms with Crippen LogP contribution in [0.15, 0.2) is 12.1 Å². The van der Waals surface area contributed by atoms with Gasteiger partial charge in [-0.05, 0) is 37.0 Å². The van der Waals surface area contributed by atoms with Crippen molar-refractivity contribution in [3.63, 3.8) is 0 Å². The fourth-order valence-electron chi connectivity index (χ4n) is 3.70. The van der Waals surface area contributed by atoms with Crippen molar-refractivity contribution < 1.29 is 33.4 Å². The van der Waals surface area contributed by atoms with E-state index in [1.807, 2.05) is 26.9 Å². The lowest BCUT2D eigenvalue weighted by Gasteiger charge is -2.36. The van der Waals surface area contributed by atoms with Crippen LogP contribution in [0.1, 0.15) is 43.5 Å². The van der Waals surface area contributed by atoms with Crippen molar-refractivity contribution in [2.45, 2.75) is 61.1 Å². The van der Waals surface area contributed by atoms with Crippen molar-refractivity contribution in [1.82, 2.24) is 4.90 Å². The summed E-state index contributed by atoms with van der Waals surface area (Å²) in [7, 11) is 0.327. The molecular weight excluding hydrogens is 551 g/mol. The van der Waals surface area contributed by atoms with Crippen molar-refractivity contribution in [3.8, 4) is 11.5 Å². The van der Waals surface area contributed by atoms with Crippen LogP contribution >= 0.6 is 34.8 Å². The number of hydrogen-bond donors (Lipinski definition) is 2. The first-order valence-corrected chi connectivity index (χ1v) is 15.4.